The van der Waals surface area contributed by atoms with Crippen molar-refractivity contribution in [3.8, 4) is 11.5 Å². The Kier molecular flexibility index (Phi) is 4.83. The van der Waals surface area contributed by atoms with E-state index in [0.717, 1.165) is 12.7 Å². The van der Waals surface area contributed by atoms with E-state index in [1.165, 1.54) is 0 Å². The van der Waals surface area contributed by atoms with Crippen LogP contribution in [0.15, 0.2) is 18.2 Å². The normalized spacial score (nSPS) is 10.2. The van der Waals surface area contributed by atoms with Crippen molar-refractivity contribution in [2.45, 2.75) is 20.3 Å². The molecule has 0 spiro atoms. The van der Waals surface area contributed by atoms with Gasteiger partial charge in [-0.2, -0.15) is 0 Å². The van der Waals surface area contributed by atoms with Gasteiger partial charge in [0.1, 0.15) is 11.5 Å². The molecule has 16 heavy (non-hydrogen) atoms. The van der Waals surface area contributed by atoms with Crippen LogP contribution in [0, 0.1) is 5.92 Å². The summed E-state index contributed by atoms with van der Waals surface area (Å²) in [5.41, 5.74) is 0.531. The van der Waals surface area contributed by atoms with E-state index in [9.17, 15) is 4.79 Å². The third kappa shape index (κ3) is 3.57. The van der Waals surface area contributed by atoms with Gasteiger partial charge >= 0.3 is 0 Å². The number of benzene rings is 1. The van der Waals surface area contributed by atoms with Crippen LogP contribution in [0.4, 0.5) is 0 Å². The number of aldehydes is 1. The quantitative estimate of drug-likeness (QED) is 0.694. The Hall–Kier alpha value is -1.51. The summed E-state index contributed by atoms with van der Waals surface area (Å²) >= 11 is 0. The van der Waals surface area contributed by atoms with E-state index in [1.54, 1.807) is 25.3 Å². The molecule has 0 radical (unpaired) electrons. The Morgan fingerprint density at radius 2 is 2.12 bits per heavy atom. The molecule has 88 valence electrons. The molecule has 0 N–H and O–H groups in total. The van der Waals surface area contributed by atoms with Crippen LogP contribution in [0.1, 0.15) is 30.6 Å². The molecule has 3 nitrogen and oxygen atoms in total. The summed E-state index contributed by atoms with van der Waals surface area (Å²) in [4.78, 5) is 10.9. The summed E-state index contributed by atoms with van der Waals surface area (Å²) in [5.74, 6) is 1.88. The van der Waals surface area contributed by atoms with Crippen molar-refractivity contribution < 1.29 is 14.3 Å². The Balaban J connectivity index is 2.68. The van der Waals surface area contributed by atoms with Crippen LogP contribution in [-0.4, -0.2) is 20.0 Å². The molecule has 0 saturated carbocycles. The summed E-state index contributed by atoms with van der Waals surface area (Å²) in [5, 5.41) is 0. The van der Waals surface area contributed by atoms with Gasteiger partial charge in [0.05, 0.1) is 19.3 Å². The van der Waals surface area contributed by atoms with Crippen molar-refractivity contribution in [2.75, 3.05) is 13.7 Å². The molecule has 0 aromatic heterocycles. The lowest BCUT2D eigenvalue weighted by Gasteiger charge is -2.10. The number of carbonyl (C=O) groups excluding carboxylic acids is 1. The number of hydrogen-bond acceptors (Lipinski definition) is 3. The Morgan fingerprint density at radius 3 is 2.69 bits per heavy atom. The van der Waals surface area contributed by atoms with Gasteiger partial charge in [0.25, 0.3) is 0 Å². The van der Waals surface area contributed by atoms with Gasteiger partial charge in [0.15, 0.2) is 6.29 Å². The van der Waals surface area contributed by atoms with E-state index in [2.05, 4.69) is 13.8 Å². The zero-order valence-corrected chi connectivity index (χ0v) is 10.0. The topological polar surface area (TPSA) is 35.5 Å². The molecule has 0 aliphatic heterocycles. The smallest absolute Gasteiger partial charge is 0.153 e. The molecule has 0 aliphatic carbocycles. The third-order valence-electron chi connectivity index (χ3n) is 2.30. The van der Waals surface area contributed by atoms with Crippen molar-refractivity contribution >= 4 is 6.29 Å². The second-order valence-electron chi connectivity index (χ2n) is 4.05. The SMILES string of the molecule is COc1ccc(OCCC(C)C)c(C=O)c1. The van der Waals surface area contributed by atoms with Crippen LogP contribution in [0.3, 0.4) is 0 Å². The first-order valence-corrected chi connectivity index (χ1v) is 5.43. The monoisotopic (exact) mass is 222 g/mol. The lowest BCUT2D eigenvalue weighted by Crippen LogP contribution is -2.03. The third-order valence-corrected chi connectivity index (χ3v) is 2.30. The molecule has 0 fully saturated rings. The van der Waals surface area contributed by atoms with Crippen molar-refractivity contribution in [2.24, 2.45) is 5.92 Å². The second kappa shape index (κ2) is 6.16. The lowest BCUT2D eigenvalue weighted by atomic mass is 10.1. The maximum Gasteiger partial charge on any atom is 0.153 e. The van der Waals surface area contributed by atoms with Crippen LogP contribution in [-0.2, 0) is 0 Å². The molecular formula is C13H18O3. The maximum atomic E-state index is 10.9. The lowest BCUT2D eigenvalue weighted by molar-refractivity contribution is 0.111. The van der Waals surface area contributed by atoms with Crippen molar-refractivity contribution in [3.63, 3.8) is 0 Å². The largest absolute Gasteiger partial charge is 0.497 e. The average Bonchev–Trinajstić information content (AvgIpc) is 2.29. The van der Waals surface area contributed by atoms with E-state index in [0.29, 0.717) is 29.6 Å². The molecule has 1 aromatic carbocycles. The molecule has 0 amide bonds. The van der Waals surface area contributed by atoms with Crippen molar-refractivity contribution in [1.29, 1.82) is 0 Å². The average molecular weight is 222 g/mol. The fourth-order valence-electron chi connectivity index (χ4n) is 1.28. The number of ether oxygens (including phenoxy) is 2. The highest BCUT2D eigenvalue weighted by molar-refractivity contribution is 5.80. The molecule has 0 heterocycles. The van der Waals surface area contributed by atoms with Gasteiger partial charge in [-0.3, -0.25) is 4.79 Å². The fourth-order valence-corrected chi connectivity index (χ4v) is 1.28. The van der Waals surface area contributed by atoms with Gasteiger partial charge in [-0.15, -0.1) is 0 Å². The van der Waals surface area contributed by atoms with Crippen molar-refractivity contribution in [3.05, 3.63) is 23.8 Å². The van der Waals surface area contributed by atoms with Gasteiger partial charge in [-0.05, 0) is 30.5 Å². The van der Waals surface area contributed by atoms with Crippen LogP contribution < -0.4 is 9.47 Å². The molecule has 1 rings (SSSR count). The van der Waals surface area contributed by atoms with E-state index in [1.807, 2.05) is 0 Å². The molecule has 0 aliphatic rings. The molecule has 0 atom stereocenters. The van der Waals surface area contributed by atoms with E-state index in [4.69, 9.17) is 9.47 Å². The Bertz CT molecular complexity index is 345. The molecule has 0 bridgehead atoms. The Morgan fingerprint density at radius 1 is 1.38 bits per heavy atom. The summed E-state index contributed by atoms with van der Waals surface area (Å²) in [6, 6.07) is 5.23. The molecular weight excluding hydrogens is 204 g/mol. The first-order valence-electron chi connectivity index (χ1n) is 5.43. The summed E-state index contributed by atoms with van der Waals surface area (Å²) < 4.78 is 10.6. The van der Waals surface area contributed by atoms with Crippen LogP contribution in [0.2, 0.25) is 0 Å². The minimum absolute atomic E-state index is 0.531. The molecule has 1 aromatic rings. The zero-order chi connectivity index (χ0) is 12.0. The van der Waals surface area contributed by atoms with E-state index >= 15 is 0 Å². The summed E-state index contributed by atoms with van der Waals surface area (Å²) in [6.45, 7) is 4.90. The highest BCUT2D eigenvalue weighted by Gasteiger charge is 2.05. The zero-order valence-electron chi connectivity index (χ0n) is 10.0. The number of hydrogen-bond donors (Lipinski definition) is 0. The van der Waals surface area contributed by atoms with Gasteiger partial charge in [-0.1, -0.05) is 13.8 Å². The van der Waals surface area contributed by atoms with Gasteiger partial charge in [0, 0.05) is 0 Å². The minimum atomic E-state index is 0.531. The Labute approximate surface area is 96.4 Å². The highest BCUT2D eigenvalue weighted by atomic mass is 16.5. The summed E-state index contributed by atoms with van der Waals surface area (Å²) in [7, 11) is 1.57. The summed E-state index contributed by atoms with van der Waals surface area (Å²) in [6.07, 6.45) is 1.76. The molecule has 0 saturated heterocycles. The second-order valence-corrected chi connectivity index (χ2v) is 4.05. The number of methoxy groups -OCH3 is 1. The van der Waals surface area contributed by atoms with E-state index in [-0.39, 0.29) is 0 Å². The molecule has 0 unspecified atom stereocenters. The first-order chi connectivity index (χ1) is 7.67. The van der Waals surface area contributed by atoms with Crippen LogP contribution in [0.25, 0.3) is 0 Å². The molecule has 3 heteroatoms. The van der Waals surface area contributed by atoms with Crippen molar-refractivity contribution in [1.82, 2.24) is 0 Å². The predicted molar refractivity (Wildman–Crippen MR) is 63.3 cm³/mol. The van der Waals surface area contributed by atoms with Crippen LogP contribution in [0.5, 0.6) is 11.5 Å². The number of carbonyl (C=O) groups is 1. The minimum Gasteiger partial charge on any atom is -0.497 e. The maximum absolute atomic E-state index is 10.9. The number of rotatable bonds is 6. The van der Waals surface area contributed by atoms with Gasteiger partial charge in [-0.25, -0.2) is 0 Å². The van der Waals surface area contributed by atoms with Gasteiger partial charge in [0.2, 0.25) is 0 Å². The predicted octanol–water partition coefficient (Wildman–Crippen LogP) is 2.93. The van der Waals surface area contributed by atoms with Gasteiger partial charge < -0.3 is 9.47 Å². The van der Waals surface area contributed by atoms with Crippen LogP contribution >= 0.6 is 0 Å². The highest BCUT2D eigenvalue weighted by Crippen LogP contribution is 2.22. The first kappa shape index (κ1) is 12.6. The standard InChI is InChI=1S/C13H18O3/c1-10(2)6-7-16-13-5-4-12(15-3)8-11(13)9-14/h4-5,8-10H,6-7H2,1-3H3. The fraction of sp³-hybridized carbons (Fsp3) is 0.462. The van der Waals surface area contributed by atoms with E-state index < -0.39 is 0 Å².